The minimum absolute atomic E-state index is 0.0688. The Hall–Kier alpha value is -8.58. The zero-order valence-corrected chi connectivity index (χ0v) is 32.0. The number of hydrogen-bond acceptors (Lipinski definition) is 13. The van der Waals surface area contributed by atoms with Crippen molar-refractivity contribution < 1.29 is 52.2 Å². The first kappa shape index (κ1) is 37.7. The maximum Gasteiger partial charge on any atom is 0.347 e. The highest BCUT2D eigenvalue weighted by Gasteiger charge is 2.41. The van der Waals surface area contributed by atoms with E-state index in [1.807, 2.05) is 0 Å². The standard InChI is InChI=1S/C49H26N2O11/c1-23-8-9-24(30-4-2-6-33-39(30)48(58)61-46(33)56)19-21-36(52)37(41(23)53)25-10-14-27(15-11-25)44-50-51-45(60-44)28-16-12-26(13-17-28)38-42(54)32-20-18-29(22-35(32)43(38)55)31-5-3-7-34-40(31)49(59)62-47(34)57/h2-20,22,37-38H,1,21H2/b9-8-,24-19+. The van der Waals surface area contributed by atoms with Crippen LogP contribution in [0, 0.1) is 0 Å². The Kier molecular flexibility index (Phi) is 8.69. The minimum atomic E-state index is -1.17. The summed E-state index contributed by atoms with van der Waals surface area (Å²) in [7, 11) is 0. The van der Waals surface area contributed by atoms with Crippen LogP contribution in [0.25, 0.3) is 39.6 Å². The molecule has 0 bridgehead atoms. The maximum atomic E-state index is 13.7. The van der Waals surface area contributed by atoms with E-state index in [2.05, 4.69) is 16.8 Å². The number of carbonyl (C=O) groups is 8. The molecule has 62 heavy (non-hydrogen) atoms. The smallest absolute Gasteiger partial charge is 0.347 e. The van der Waals surface area contributed by atoms with Crippen LogP contribution < -0.4 is 0 Å². The molecule has 2 aliphatic carbocycles. The predicted octanol–water partition coefficient (Wildman–Crippen LogP) is 7.68. The van der Waals surface area contributed by atoms with E-state index in [1.165, 1.54) is 18.2 Å². The molecule has 2 unspecified atom stereocenters. The molecule has 0 saturated heterocycles. The van der Waals surface area contributed by atoms with E-state index in [9.17, 15) is 38.4 Å². The Bertz CT molecular complexity index is 3170. The number of ether oxygens (including phenoxy) is 2. The maximum absolute atomic E-state index is 13.7. The fourth-order valence-electron chi connectivity index (χ4n) is 8.24. The van der Waals surface area contributed by atoms with Crippen LogP contribution >= 0.6 is 0 Å². The number of benzene rings is 5. The van der Waals surface area contributed by atoms with Crippen molar-refractivity contribution >= 4 is 52.6 Å². The van der Waals surface area contributed by atoms with Crippen molar-refractivity contribution in [2.24, 2.45) is 0 Å². The van der Waals surface area contributed by atoms with E-state index in [1.54, 1.807) is 103 Å². The molecule has 2 atom stereocenters. The summed E-state index contributed by atoms with van der Waals surface area (Å²) in [6.07, 6.45) is 4.51. The molecule has 2 aliphatic heterocycles. The van der Waals surface area contributed by atoms with Gasteiger partial charge in [0.2, 0.25) is 11.8 Å². The van der Waals surface area contributed by atoms with Crippen LogP contribution in [0.5, 0.6) is 0 Å². The van der Waals surface area contributed by atoms with Crippen molar-refractivity contribution in [1.29, 1.82) is 0 Å². The zero-order chi connectivity index (χ0) is 43.0. The summed E-state index contributed by atoms with van der Waals surface area (Å²) in [5.41, 5.74) is 4.64. The zero-order valence-electron chi connectivity index (χ0n) is 32.0. The first-order valence-corrected chi connectivity index (χ1v) is 19.2. The minimum Gasteiger partial charge on any atom is -0.416 e. The van der Waals surface area contributed by atoms with Crippen molar-refractivity contribution in [3.8, 4) is 34.0 Å². The number of carbonyl (C=O) groups excluding carboxylic acids is 8. The van der Waals surface area contributed by atoms with E-state index in [0.717, 1.165) is 0 Å². The fraction of sp³-hybridized carbons (Fsp3) is 0.0612. The summed E-state index contributed by atoms with van der Waals surface area (Å²) in [5, 5.41) is 8.36. The average Bonchev–Trinajstić information content (AvgIpc) is 4.04. The van der Waals surface area contributed by atoms with Crippen LogP contribution in [0.3, 0.4) is 0 Å². The molecule has 0 spiro atoms. The number of ketones is 4. The number of rotatable bonds is 6. The second-order valence-electron chi connectivity index (χ2n) is 14.9. The van der Waals surface area contributed by atoms with Gasteiger partial charge in [0.15, 0.2) is 23.1 Å². The van der Waals surface area contributed by atoms with Crippen molar-refractivity contribution in [3.05, 3.63) is 184 Å². The Balaban J connectivity index is 0.853. The van der Waals surface area contributed by atoms with Gasteiger partial charge in [-0.3, -0.25) is 19.2 Å². The Labute approximate surface area is 350 Å². The number of Topliss-reactive ketones (excluding diaryl/α,β-unsaturated/α-hetero) is 4. The van der Waals surface area contributed by atoms with Crippen LogP contribution in [0.4, 0.5) is 0 Å². The molecule has 0 saturated carbocycles. The van der Waals surface area contributed by atoms with E-state index >= 15 is 0 Å². The van der Waals surface area contributed by atoms with Crippen molar-refractivity contribution in [2.45, 2.75) is 18.3 Å². The van der Waals surface area contributed by atoms with Gasteiger partial charge >= 0.3 is 23.9 Å². The number of aromatic nitrogens is 2. The molecule has 5 aromatic carbocycles. The molecule has 4 aliphatic rings. The molecule has 298 valence electrons. The molecular formula is C49H26N2O11. The summed E-state index contributed by atoms with van der Waals surface area (Å²) in [5.74, 6) is -6.69. The third-order valence-corrected chi connectivity index (χ3v) is 11.3. The average molecular weight is 819 g/mol. The van der Waals surface area contributed by atoms with Gasteiger partial charge in [-0.05, 0) is 75.9 Å². The molecule has 0 fully saturated rings. The van der Waals surface area contributed by atoms with Gasteiger partial charge in [-0.1, -0.05) is 85.5 Å². The predicted molar refractivity (Wildman–Crippen MR) is 218 cm³/mol. The van der Waals surface area contributed by atoms with Gasteiger partial charge in [0.05, 0.1) is 22.3 Å². The molecule has 0 N–H and O–H groups in total. The van der Waals surface area contributed by atoms with Crippen molar-refractivity contribution in [3.63, 3.8) is 0 Å². The summed E-state index contributed by atoms with van der Waals surface area (Å²) in [6, 6.07) is 27.4. The number of allylic oxidation sites excluding steroid dienone is 5. The number of hydrogen-bond donors (Lipinski definition) is 0. The lowest BCUT2D eigenvalue weighted by Crippen LogP contribution is -2.22. The summed E-state index contributed by atoms with van der Waals surface area (Å²) in [4.78, 5) is 104. The van der Waals surface area contributed by atoms with Gasteiger partial charge < -0.3 is 13.9 Å². The number of nitrogens with zero attached hydrogens (tertiary/aromatic N) is 2. The molecule has 13 heteroatoms. The van der Waals surface area contributed by atoms with Gasteiger partial charge in [0, 0.05) is 34.2 Å². The molecule has 3 heterocycles. The van der Waals surface area contributed by atoms with Gasteiger partial charge in [-0.15, -0.1) is 10.2 Å². The topological polar surface area (TPSA) is 194 Å². The lowest BCUT2D eigenvalue weighted by molar-refractivity contribution is -0.126. The number of fused-ring (bicyclic) bond motifs is 3. The van der Waals surface area contributed by atoms with Gasteiger partial charge in [-0.25, -0.2) is 19.2 Å². The van der Waals surface area contributed by atoms with Crippen LogP contribution in [0.1, 0.15) is 97.1 Å². The fourth-order valence-corrected chi connectivity index (χ4v) is 8.24. The van der Waals surface area contributed by atoms with E-state index in [4.69, 9.17) is 13.9 Å². The highest BCUT2D eigenvalue weighted by atomic mass is 16.6. The monoisotopic (exact) mass is 818 g/mol. The van der Waals surface area contributed by atoms with Gasteiger partial charge in [-0.2, -0.15) is 0 Å². The quantitative estimate of drug-likeness (QED) is 0.0903. The van der Waals surface area contributed by atoms with Crippen molar-refractivity contribution in [1.82, 2.24) is 10.2 Å². The Morgan fingerprint density at radius 1 is 0.484 bits per heavy atom. The largest absolute Gasteiger partial charge is 0.416 e. The first-order valence-electron chi connectivity index (χ1n) is 19.2. The highest BCUT2D eigenvalue weighted by Crippen LogP contribution is 2.39. The highest BCUT2D eigenvalue weighted by molar-refractivity contribution is 6.30. The number of esters is 4. The Morgan fingerprint density at radius 3 is 1.61 bits per heavy atom. The van der Waals surface area contributed by atoms with Gasteiger partial charge in [0.25, 0.3) is 0 Å². The molecule has 6 aromatic rings. The molecular weight excluding hydrogens is 793 g/mol. The molecule has 0 amide bonds. The van der Waals surface area contributed by atoms with E-state index < -0.39 is 53.1 Å². The van der Waals surface area contributed by atoms with Crippen molar-refractivity contribution in [2.75, 3.05) is 0 Å². The van der Waals surface area contributed by atoms with E-state index in [0.29, 0.717) is 44.5 Å². The summed E-state index contributed by atoms with van der Waals surface area (Å²) >= 11 is 0. The third-order valence-electron chi connectivity index (χ3n) is 11.3. The molecule has 13 nitrogen and oxygen atoms in total. The second kappa shape index (κ2) is 14.3. The molecule has 1 aromatic heterocycles. The Morgan fingerprint density at radius 2 is 1.00 bits per heavy atom. The van der Waals surface area contributed by atoms with Gasteiger partial charge in [0.1, 0.15) is 11.8 Å². The van der Waals surface area contributed by atoms with Crippen LogP contribution in [-0.2, 0) is 19.1 Å². The normalized spacial score (nSPS) is 19.5. The van der Waals surface area contributed by atoms with E-state index in [-0.39, 0.29) is 62.9 Å². The lowest BCUT2D eigenvalue weighted by Gasteiger charge is -2.14. The molecule has 0 radical (unpaired) electrons. The summed E-state index contributed by atoms with van der Waals surface area (Å²) in [6.45, 7) is 3.89. The lowest BCUT2D eigenvalue weighted by atomic mass is 9.86. The second-order valence-corrected chi connectivity index (χ2v) is 14.9. The first-order chi connectivity index (χ1) is 30.0. The van der Waals surface area contributed by atoms with Crippen LogP contribution in [0.2, 0.25) is 0 Å². The third kappa shape index (κ3) is 6.01. The molecule has 10 rings (SSSR count). The van der Waals surface area contributed by atoms with Crippen LogP contribution in [-0.4, -0.2) is 57.2 Å². The SMILES string of the molecule is C=C1/C=C\C(c2cccc3c2C(=O)OC3=O)=C/CC(=O)C(c2ccc(-c3nnc(-c4ccc(C5C(=O)c6ccc(-c7cccc8c7C(=O)OC8=O)cc6C5=O)cc4)o3)cc2)C1=O. The number of cyclic esters (lactones) is 4. The van der Waals surface area contributed by atoms with Crippen LogP contribution in [0.15, 0.2) is 138 Å². The summed E-state index contributed by atoms with van der Waals surface area (Å²) < 4.78 is 15.6.